The second-order valence-electron chi connectivity index (χ2n) is 5.08. The van der Waals surface area contributed by atoms with Gasteiger partial charge in [0, 0.05) is 17.1 Å². The zero-order valence-electron chi connectivity index (χ0n) is 11.7. The number of alkyl halides is 1. The highest BCUT2D eigenvalue weighted by atomic mass is 35.5. The molecule has 5 atom stereocenters. The Morgan fingerprint density at radius 3 is 2.73 bits per heavy atom. The molecule has 1 aromatic rings. The van der Waals surface area contributed by atoms with Crippen LogP contribution in [0.25, 0.3) is 0 Å². The molecule has 22 heavy (non-hydrogen) atoms. The van der Waals surface area contributed by atoms with Gasteiger partial charge in [0.05, 0.1) is 6.10 Å². The van der Waals surface area contributed by atoms with E-state index < -0.39 is 41.5 Å². The topological polar surface area (TPSA) is 105 Å². The van der Waals surface area contributed by atoms with Gasteiger partial charge < -0.3 is 14.9 Å². The Hall–Kier alpha value is -1.66. The molecule has 0 spiro atoms. The van der Waals surface area contributed by atoms with Gasteiger partial charge in [0.15, 0.2) is 6.23 Å². The van der Waals surface area contributed by atoms with Crippen molar-refractivity contribution in [1.29, 1.82) is 0 Å². The number of aromatic amines is 1. The number of rotatable bonds is 2. The largest absolute Gasteiger partial charge is 0.391 e. The predicted octanol–water partition coefficient (Wildman–Crippen LogP) is -0.608. The molecular weight excluding hydrogens is 319 g/mol. The molecular formula is C13H14ClFN2O5. The minimum Gasteiger partial charge on any atom is -0.391 e. The van der Waals surface area contributed by atoms with Crippen molar-refractivity contribution in [1.82, 2.24) is 9.55 Å². The molecule has 0 radical (unpaired) electrons. The number of aryl methyl sites for hydroxylation is 1. The predicted molar refractivity (Wildman–Crippen MR) is 75.1 cm³/mol. The van der Waals surface area contributed by atoms with E-state index in [1.807, 2.05) is 16.3 Å². The van der Waals surface area contributed by atoms with Crippen LogP contribution in [0, 0.1) is 18.2 Å². The van der Waals surface area contributed by atoms with Crippen LogP contribution in [0.2, 0.25) is 0 Å². The normalized spacial score (nSPS) is 32.4. The van der Waals surface area contributed by atoms with Crippen molar-refractivity contribution in [3.8, 4) is 11.3 Å². The first kappa shape index (κ1) is 16.7. The molecule has 0 aromatic carbocycles. The molecule has 7 nitrogen and oxygen atoms in total. The summed E-state index contributed by atoms with van der Waals surface area (Å²) >= 11 is 5.25. The van der Waals surface area contributed by atoms with Gasteiger partial charge in [-0.1, -0.05) is 0 Å². The third-order valence-electron chi connectivity index (χ3n) is 3.50. The van der Waals surface area contributed by atoms with E-state index in [0.29, 0.717) is 0 Å². The number of hydrogen-bond donors (Lipinski definition) is 3. The fraction of sp³-hybridized carbons (Fsp3) is 0.538. The molecule has 1 aliphatic rings. The molecule has 0 amide bonds. The molecule has 1 aliphatic heterocycles. The molecule has 3 N–H and O–H groups in total. The van der Waals surface area contributed by atoms with Crippen LogP contribution in [0.1, 0.15) is 18.8 Å². The van der Waals surface area contributed by atoms with Crippen molar-refractivity contribution in [2.75, 3.05) is 0 Å². The van der Waals surface area contributed by atoms with E-state index in [-0.39, 0.29) is 5.69 Å². The molecule has 1 fully saturated rings. The van der Waals surface area contributed by atoms with Crippen molar-refractivity contribution < 1.29 is 19.3 Å². The minimum absolute atomic E-state index is 0.107. The van der Waals surface area contributed by atoms with Crippen LogP contribution in [0.5, 0.6) is 0 Å². The lowest BCUT2D eigenvalue weighted by molar-refractivity contribution is -0.0809. The summed E-state index contributed by atoms with van der Waals surface area (Å²) in [6.07, 6.45) is -6.03. The van der Waals surface area contributed by atoms with Crippen LogP contribution >= 0.6 is 11.6 Å². The number of nitrogens with one attached hydrogen (secondary N) is 1. The van der Waals surface area contributed by atoms with Crippen molar-refractivity contribution in [2.24, 2.45) is 0 Å². The molecule has 0 bridgehead atoms. The first-order valence-corrected chi connectivity index (χ1v) is 6.76. The lowest BCUT2D eigenvalue weighted by Crippen LogP contribution is -2.46. The molecule has 0 aliphatic carbocycles. The van der Waals surface area contributed by atoms with Crippen LogP contribution in [-0.2, 0) is 4.74 Å². The van der Waals surface area contributed by atoms with Crippen LogP contribution in [0.3, 0.4) is 0 Å². The number of hydrogen-bond acceptors (Lipinski definition) is 5. The minimum atomic E-state index is -2.73. The van der Waals surface area contributed by atoms with Crippen LogP contribution < -0.4 is 11.2 Å². The van der Waals surface area contributed by atoms with Gasteiger partial charge in [0.25, 0.3) is 5.56 Å². The SMILES string of the molecule is Cc1cc(=O)[nH]c(=O)n1[C@@H]1O[C@H]([C@@H](C)O)C(O)[C@]1(F)C#CCl. The number of aliphatic hydroxyl groups is 2. The number of aliphatic hydroxyl groups excluding tert-OH is 2. The van der Waals surface area contributed by atoms with E-state index in [4.69, 9.17) is 16.3 Å². The summed E-state index contributed by atoms with van der Waals surface area (Å²) in [6.45, 7) is 2.70. The number of aromatic nitrogens is 2. The third kappa shape index (κ3) is 2.57. The summed E-state index contributed by atoms with van der Waals surface area (Å²) in [7, 11) is 0. The van der Waals surface area contributed by atoms with Gasteiger partial charge in [-0.05, 0) is 31.4 Å². The monoisotopic (exact) mass is 332 g/mol. The maximum atomic E-state index is 15.1. The Morgan fingerprint density at radius 2 is 2.23 bits per heavy atom. The van der Waals surface area contributed by atoms with Gasteiger partial charge in [-0.25, -0.2) is 9.18 Å². The van der Waals surface area contributed by atoms with Gasteiger partial charge in [-0.3, -0.25) is 14.3 Å². The standard InChI is InChI=1S/C13H14ClFN2O5/c1-6-5-8(19)16-12(21)17(6)11-13(15,3-4-14)10(20)9(22-11)7(2)18/h5,7,9-11,18,20H,1-2H3,(H,16,19,21)/t7-,9-,10?,11-,13-/m1/s1. The number of H-pyrrole nitrogens is 1. The maximum absolute atomic E-state index is 15.1. The summed E-state index contributed by atoms with van der Waals surface area (Å²) in [5.41, 5.74) is -4.20. The molecule has 2 rings (SSSR count). The lowest BCUT2D eigenvalue weighted by Gasteiger charge is -2.25. The first-order chi connectivity index (χ1) is 10.2. The van der Waals surface area contributed by atoms with Crippen LogP contribution in [-0.4, -0.2) is 43.7 Å². The van der Waals surface area contributed by atoms with Gasteiger partial charge >= 0.3 is 5.69 Å². The smallest absolute Gasteiger partial charge is 0.330 e. The maximum Gasteiger partial charge on any atom is 0.330 e. The fourth-order valence-electron chi connectivity index (χ4n) is 2.45. The van der Waals surface area contributed by atoms with Crippen LogP contribution in [0.4, 0.5) is 4.39 Å². The summed E-state index contributed by atoms with van der Waals surface area (Å²) < 4.78 is 21.2. The van der Waals surface area contributed by atoms with Crippen LogP contribution in [0.15, 0.2) is 15.7 Å². The van der Waals surface area contributed by atoms with Gasteiger partial charge in [0.1, 0.15) is 12.2 Å². The summed E-state index contributed by atoms with van der Waals surface area (Å²) in [6, 6.07) is 1.07. The second-order valence-corrected chi connectivity index (χ2v) is 5.27. The molecule has 1 unspecified atom stereocenters. The van der Waals surface area contributed by atoms with Gasteiger partial charge in [-0.2, -0.15) is 0 Å². The van der Waals surface area contributed by atoms with Crippen molar-refractivity contribution in [3.63, 3.8) is 0 Å². The molecule has 1 saturated heterocycles. The summed E-state index contributed by atoms with van der Waals surface area (Å²) in [4.78, 5) is 25.2. The van der Waals surface area contributed by atoms with Gasteiger partial charge in [-0.15, -0.1) is 0 Å². The average Bonchev–Trinajstić information content (AvgIpc) is 2.63. The first-order valence-electron chi connectivity index (χ1n) is 6.38. The summed E-state index contributed by atoms with van der Waals surface area (Å²) in [5.74, 6) is 1.98. The number of nitrogens with zero attached hydrogens (tertiary/aromatic N) is 1. The third-order valence-corrected chi connectivity index (χ3v) is 3.60. The number of halogens is 2. The zero-order valence-corrected chi connectivity index (χ0v) is 12.5. The van der Waals surface area contributed by atoms with E-state index in [1.54, 1.807) is 0 Å². The molecule has 120 valence electrons. The van der Waals surface area contributed by atoms with E-state index >= 15 is 4.39 Å². The molecule has 9 heteroatoms. The molecule has 0 saturated carbocycles. The van der Waals surface area contributed by atoms with Crippen molar-refractivity contribution >= 4 is 11.6 Å². The quantitative estimate of drug-likeness (QED) is 0.627. The Labute approximate surface area is 129 Å². The zero-order chi connectivity index (χ0) is 16.7. The molecule has 1 aromatic heterocycles. The van der Waals surface area contributed by atoms with Gasteiger partial charge in [0.2, 0.25) is 5.67 Å². The lowest BCUT2D eigenvalue weighted by atomic mass is 9.95. The van der Waals surface area contributed by atoms with E-state index in [9.17, 15) is 19.8 Å². The Balaban J connectivity index is 2.64. The highest BCUT2D eigenvalue weighted by Crippen LogP contribution is 2.42. The molecule has 2 heterocycles. The Morgan fingerprint density at radius 1 is 1.59 bits per heavy atom. The average molecular weight is 333 g/mol. The van der Waals surface area contributed by atoms with E-state index in [1.165, 1.54) is 13.8 Å². The van der Waals surface area contributed by atoms with E-state index in [0.717, 1.165) is 10.6 Å². The number of ether oxygens (including phenoxy) is 1. The highest BCUT2D eigenvalue weighted by Gasteiger charge is 2.59. The summed E-state index contributed by atoms with van der Waals surface area (Å²) in [5, 5.41) is 21.5. The fourth-order valence-corrected chi connectivity index (χ4v) is 2.60. The van der Waals surface area contributed by atoms with Crippen molar-refractivity contribution in [2.45, 2.75) is 44.1 Å². The van der Waals surface area contributed by atoms with Crippen molar-refractivity contribution in [3.05, 3.63) is 32.6 Å². The van der Waals surface area contributed by atoms with E-state index in [2.05, 4.69) is 0 Å². The highest BCUT2D eigenvalue weighted by molar-refractivity contribution is 6.30. The Kier molecular flexibility index (Phi) is 4.44. The Bertz CT molecular complexity index is 749. The second kappa shape index (κ2) is 5.85.